The first-order valence-corrected chi connectivity index (χ1v) is 10.8. The van der Waals surface area contributed by atoms with Crippen LogP contribution in [0.15, 0.2) is 66.3 Å². The summed E-state index contributed by atoms with van der Waals surface area (Å²) >= 11 is 7.35. The van der Waals surface area contributed by atoms with Gasteiger partial charge < -0.3 is 14.6 Å². The quantitative estimate of drug-likeness (QED) is 0.366. The zero-order valence-electron chi connectivity index (χ0n) is 16.7. The molecule has 0 bridgehead atoms. The monoisotopic (exact) mass is 442 g/mol. The number of hydrogen-bond acceptors (Lipinski definition) is 5. The summed E-state index contributed by atoms with van der Waals surface area (Å²) < 4.78 is 7.26. The van der Waals surface area contributed by atoms with Crippen molar-refractivity contribution in [3.05, 3.63) is 77.6 Å². The minimum atomic E-state index is -0.181. The first-order chi connectivity index (χ1) is 14.6. The van der Waals surface area contributed by atoms with Crippen molar-refractivity contribution in [3.63, 3.8) is 0 Å². The summed E-state index contributed by atoms with van der Waals surface area (Å²) in [7, 11) is 1.54. The molecule has 2 aromatic carbocycles. The first kappa shape index (κ1) is 21.9. The summed E-state index contributed by atoms with van der Waals surface area (Å²) in [4.78, 5) is 12.4. The Labute approximate surface area is 185 Å². The second-order valence-corrected chi connectivity index (χ2v) is 7.84. The lowest BCUT2D eigenvalue weighted by Crippen LogP contribution is -2.15. The van der Waals surface area contributed by atoms with Crippen LogP contribution in [0.3, 0.4) is 0 Å². The third-order valence-electron chi connectivity index (χ3n) is 4.35. The Morgan fingerprint density at radius 1 is 1.23 bits per heavy atom. The number of aryl methyl sites for hydroxylation is 2. The predicted octanol–water partition coefficient (Wildman–Crippen LogP) is 4.64. The van der Waals surface area contributed by atoms with Crippen LogP contribution >= 0.6 is 23.4 Å². The van der Waals surface area contributed by atoms with E-state index in [4.69, 9.17) is 16.3 Å². The minimum absolute atomic E-state index is 0.181. The molecule has 6 nitrogen and oxygen atoms in total. The van der Waals surface area contributed by atoms with Gasteiger partial charge in [-0.1, -0.05) is 59.8 Å². The third kappa shape index (κ3) is 5.87. The lowest BCUT2D eigenvalue weighted by atomic mass is 10.1. The maximum Gasteiger partial charge on any atom is 0.234 e. The number of nitrogens with one attached hydrogen (secondary N) is 1. The maximum absolute atomic E-state index is 12.4. The van der Waals surface area contributed by atoms with E-state index in [2.05, 4.69) is 34.2 Å². The highest BCUT2D eigenvalue weighted by molar-refractivity contribution is 7.99. The number of carbonyl (C=O) groups is 1. The number of allylic oxidation sites excluding steroid dienone is 1. The van der Waals surface area contributed by atoms with Gasteiger partial charge in [0, 0.05) is 18.0 Å². The fraction of sp³-hybridized carbons (Fsp3) is 0.227. The van der Waals surface area contributed by atoms with Gasteiger partial charge in [-0.05, 0) is 30.2 Å². The van der Waals surface area contributed by atoms with Gasteiger partial charge in [0.25, 0.3) is 0 Å². The van der Waals surface area contributed by atoms with Crippen LogP contribution in [0.5, 0.6) is 5.75 Å². The SMILES string of the molecule is C=CCn1c(CCc2ccccc2)nnc1SCC(=O)Nc1cc(Cl)ccc1OC. The van der Waals surface area contributed by atoms with Gasteiger partial charge in [0.1, 0.15) is 11.6 Å². The molecule has 0 aliphatic heterocycles. The Balaban J connectivity index is 1.63. The molecular formula is C22H23ClN4O2S. The van der Waals surface area contributed by atoms with E-state index in [9.17, 15) is 4.79 Å². The van der Waals surface area contributed by atoms with Crippen LogP contribution in [0.4, 0.5) is 5.69 Å². The summed E-state index contributed by atoms with van der Waals surface area (Å²) in [6, 6.07) is 15.3. The van der Waals surface area contributed by atoms with Crippen LogP contribution in [-0.2, 0) is 24.2 Å². The molecule has 1 aromatic heterocycles. The van der Waals surface area contributed by atoms with Gasteiger partial charge in [-0.2, -0.15) is 0 Å². The van der Waals surface area contributed by atoms with Crippen molar-refractivity contribution in [3.8, 4) is 5.75 Å². The van der Waals surface area contributed by atoms with Crippen molar-refractivity contribution in [2.45, 2.75) is 24.5 Å². The molecule has 0 aliphatic carbocycles. The Morgan fingerprint density at radius 3 is 2.77 bits per heavy atom. The van der Waals surface area contributed by atoms with Gasteiger partial charge in [-0.25, -0.2) is 0 Å². The van der Waals surface area contributed by atoms with E-state index in [0.717, 1.165) is 18.7 Å². The molecule has 1 N–H and O–H groups in total. The summed E-state index contributed by atoms with van der Waals surface area (Å²) in [5.41, 5.74) is 1.78. The highest BCUT2D eigenvalue weighted by atomic mass is 35.5. The Bertz CT molecular complexity index is 1010. The number of rotatable bonds is 10. The molecule has 156 valence electrons. The molecule has 0 atom stereocenters. The molecule has 0 saturated heterocycles. The largest absolute Gasteiger partial charge is 0.495 e. The van der Waals surface area contributed by atoms with E-state index < -0.39 is 0 Å². The van der Waals surface area contributed by atoms with Crippen LogP contribution in [0.2, 0.25) is 5.02 Å². The molecule has 1 amide bonds. The smallest absolute Gasteiger partial charge is 0.234 e. The molecule has 3 rings (SSSR count). The number of nitrogens with zero attached hydrogens (tertiary/aromatic N) is 3. The third-order valence-corrected chi connectivity index (χ3v) is 5.56. The van der Waals surface area contributed by atoms with Crippen LogP contribution in [0.1, 0.15) is 11.4 Å². The van der Waals surface area contributed by atoms with E-state index in [-0.39, 0.29) is 11.7 Å². The van der Waals surface area contributed by atoms with E-state index >= 15 is 0 Å². The number of ether oxygens (including phenoxy) is 1. The van der Waals surface area contributed by atoms with Crippen molar-refractivity contribution in [2.75, 3.05) is 18.2 Å². The van der Waals surface area contributed by atoms with Gasteiger partial charge >= 0.3 is 0 Å². The summed E-state index contributed by atoms with van der Waals surface area (Å²) in [6.45, 7) is 4.41. The molecule has 8 heteroatoms. The molecule has 0 aliphatic rings. The number of amides is 1. The Kier molecular flexibility index (Phi) is 7.93. The topological polar surface area (TPSA) is 69.0 Å². The van der Waals surface area contributed by atoms with E-state index in [1.807, 2.05) is 22.8 Å². The molecule has 0 spiro atoms. The van der Waals surface area contributed by atoms with Crippen molar-refractivity contribution < 1.29 is 9.53 Å². The highest BCUT2D eigenvalue weighted by Crippen LogP contribution is 2.28. The van der Waals surface area contributed by atoms with Crippen molar-refractivity contribution in [1.29, 1.82) is 0 Å². The number of halogens is 1. The maximum atomic E-state index is 12.4. The molecule has 1 heterocycles. The standard InChI is InChI=1S/C22H23ClN4O2S/c1-3-13-27-20(12-9-16-7-5-4-6-8-16)25-26-22(27)30-15-21(28)24-18-14-17(23)10-11-19(18)29-2/h3-8,10-11,14H,1,9,12-13,15H2,2H3,(H,24,28). The Morgan fingerprint density at radius 2 is 2.03 bits per heavy atom. The summed E-state index contributed by atoms with van der Waals surface area (Å²) in [5, 5.41) is 12.6. The summed E-state index contributed by atoms with van der Waals surface area (Å²) in [6.07, 6.45) is 3.43. The van der Waals surface area contributed by atoms with Crippen LogP contribution in [-0.4, -0.2) is 33.5 Å². The van der Waals surface area contributed by atoms with E-state index in [1.165, 1.54) is 17.3 Å². The molecule has 0 unspecified atom stereocenters. The highest BCUT2D eigenvalue weighted by Gasteiger charge is 2.15. The second-order valence-electron chi connectivity index (χ2n) is 6.47. The number of benzene rings is 2. The number of hydrogen-bond donors (Lipinski definition) is 1. The van der Waals surface area contributed by atoms with Gasteiger partial charge in [0.15, 0.2) is 5.16 Å². The molecule has 0 radical (unpaired) electrons. The predicted molar refractivity (Wildman–Crippen MR) is 121 cm³/mol. The van der Waals surface area contributed by atoms with E-state index in [1.54, 1.807) is 31.4 Å². The summed E-state index contributed by atoms with van der Waals surface area (Å²) in [5.74, 6) is 1.43. The minimum Gasteiger partial charge on any atom is -0.495 e. The van der Waals surface area contributed by atoms with E-state index in [0.29, 0.717) is 28.2 Å². The van der Waals surface area contributed by atoms with Crippen LogP contribution in [0.25, 0.3) is 0 Å². The van der Waals surface area contributed by atoms with Gasteiger partial charge in [-0.3, -0.25) is 4.79 Å². The van der Waals surface area contributed by atoms with Gasteiger partial charge in [0.05, 0.1) is 18.6 Å². The number of aromatic nitrogens is 3. The number of thioether (sulfide) groups is 1. The molecular weight excluding hydrogens is 420 g/mol. The van der Waals surface area contributed by atoms with Crippen LogP contribution < -0.4 is 10.1 Å². The molecule has 3 aromatic rings. The average Bonchev–Trinajstić information content (AvgIpc) is 3.13. The fourth-order valence-electron chi connectivity index (χ4n) is 2.92. The molecule has 0 fully saturated rings. The van der Waals surface area contributed by atoms with Crippen molar-refractivity contribution in [2.24, 2.45) is 0 Å². The first-order valence-electron chi connectivity index (χ1n) is 9.43. The van der Waals surface area contributed by atoms with Gasteiger partial charge in [0.2, 0.25) is 5.91 Å². The van der Waals surface area contributed by atoms with Gasteiger partial charge in [-0.15, -0.1) is 16.8 Å². The number of methoxy groups -OCH3 is 1. The molecule has 30 heavy (non-hydrogen) atoms. The zero-order valence-corrected chi connectivity index (χ0v) is 18.2. The number of carbonyl (C=O) groups excluding carboxylic acids is 1. The lowest BCUT2D eigenvalue weighted by Gasteiger charge is -2.11. The second kappa shape index (κ2) is 10.8. The van der Waals surface area contributed by atoms with Crippen molar-refractivity contribution in [1.82, 2.24) is 14.8 Å². The normalized spacial score (nSPS) is 10.6. The lowest BCUT2D eigenvalue weighted by molar-refractivity contribution is -0.113. The average molecular weight is 443 g/mol. The fourth-order valence-corrected chi connectivity index (χ4v) is 3.86. The van der Waals surface area contributed by atoms with Crippen molar-refractivity contribution >= 4 is 35.0 Å². The molecule has 0 saturated carbocycles. The van der Waals surface area contributed by atoms with Crippen LogP contribution in [0, 0.1) is 0 Å². The Hall–Kier alpha value is -2.77. The zero-order chi connectivity index (χ0) is 21.3. The number of anilines is 1.